The molecular weight excluding hydrogens is 181 g/mol. The molecule has 0 fully saturated rings. The second kappa shape index (κ2) is 3.25. The van der Waals surface area contributed by atoms with E-state index in [-0.39, 0.29) is 11.7 Å². The van der Waals surface area contributed by atoms with Crippen LogP contribution in [0.15, 0.2) is 24.4 Å². The van der Waals surface area contributed by atoms with Gasteiger partial charge in [-0.3, -0.25) is 0 Å². The van der Waals surface area contributed by atoms with Gasteiger partial charge in [-0.1, -0.05) is 6.92 Å². The van der Waals surface area contributed by atoms with Gasteiger partial charge in [-0.2, -0.15) is 0 Å². The zero-order valence-corrected chi connectivity index (χ0v) is 7.75. The molecule has 0 spiro atoms. The predicted octanol–water partition coefficient (Wildman–Crippen LogP) is 2.61. The Morgan fingerprint density at radius 3 is 3.00 bits per heavy atom. The second-order valence-corrected chi connectivity index (χ2v) is 3.36. The van der Waals surface area contributed by atoms with Crippen molar-refractivity contribution >= 4 is 17.2 Å². The van der Waals surface area contributed by atoms with E-state index in [2.05, 4.69) is 4.98 Å². The largest absolute Gasteiger partial charge is 0.361 e. The minimum absolute atomic E-state index is 0.203. The molecule has 72 valence electrons. The Kier molecular flexibility index (Phi) is 2.08. The third-order valence-electron chi connectivity index (χ3n) is 2.37. The number of carbonyl (C=O) groups excluding carboxylic acids is 1. The van der Waals surface area contributed by atoms with Crippen molar-refractivity contribution in [3.63, 3.8) is 0 Å². The van der Waals surface area contributed by atoms with Crippen molar-refractivity contribution in [2.24, 2.45) is 0 Å². The number of hydrogen-bond acceptors (Lipinski definition) is 1. The highest BCUT2D eigenvalue weighted by molar-refractivity contribution is 5.86. The van der Waals surface area contributed by atoms with E-state index in [0.29, 0.717) is 0 Å². The summed E-state index contributed by atoms with van der Waals surface area (Å²) < 4.78 is 13.0. The fourth-order valence-electron chi connectivity index (χ4n) is 1.56. The van der Waals surface area contributed by atoms with Gasteiger partial charge in [0.25, 0.3) is 0 Å². The third-order valence-corrected chi connectivity index (χ3v) is 2.37. The van der Waals surface area contributed by atoms with Crippen molar-refractivity contribution in [1.29, 1.82) is 0 Å². The van der Waals surface area contributed by atoms with Gasteiger partial charge in [-0.05, 0) is 23.8 Å². The van der Waals surface area contributed by atoms with Gasteiger partial charge in [-0.15, -0.1) is 0 Å². The van der Waals surface area contributed by atoms with Gasteiger partial charge in [0, 0.05) is 23.0 Å². The van der Waals surface area contributed by atoms with E-state index < -0.39 is 0 Å². The number of aldehydes is 1. The van der Waals surface area contributed by atoms with Gasteiger partial charge in [0.05, 0.1) is 0 Å². The molecule has 1 N–H and O–H groups in total. The first-order valence-electron chi connectivity index (χ1n) is 4.44. The Labute approximate surface area is 80.7 Å². The summed E-state index contributed by atoms with van der Waals surface area (Å²) in [5, 5.41) is 0.782. The van der Waals surface area contributed by atoms with Crippen LogP contribution < -0.4 is 0 Å². The third kappa shape index (κ3) is 1.31. The van der Waals surface area contributed by atoms with Crippen molar-refractivity contribution in [2.45, 2.75) is 12.8 Å². The number of fused-ring (bicyclic) bond motifs is 1. The molecule has 1 atom stereocenters. The Balaban J connectivity index is 2.66. The van der Waals surface area contributed by atoms with Crippen molar-refractivity contribution in [1.82, 2.24) is 4.98 Å². The molecule has 3 heteroatoms. The molecule has 1 aromatic carbocycles. The molecule has 0 bridgehead atoms. The number of aromatic nitrogens is 1. The van der Waals surface area contributed by atoms with E-state index in [1.165, 1.54) is 12.1 Å². The van der Waals surface area contributed by atoms with Crippen LogP contribution in [0.3, 0.4) is 0 Å². The number of carbonyl (C=O) groups is 1. The molecule has 14 heavy (non-hydrogen) atoms. The molecule has 1 aromatic heterocycles. The van der Waals surface area contributed by atoms with Gasteiger partial charge in [0.15, 0.2) is 0 Å². The first kappa shape index (κ1) is 8.94. The smallest absolute Gasteiger partial charge is 0.127 e. The standard InChI is InChI=1S/C11H10FNO/c1-7(6-14)10-5-13-11-3-2-8(12)4-9(10)11/h2-7,13H,1H3. The molecule has 1 unspecified atom stereocenters. The summed E-state index contributed by atoms with van der Waals surface area (Å²) >= 11 is 0. The Morgan fingerprint density at radius 1 is 1.50 bits per heavy atom. The lowest BCUT2D eigenvalue weighted by Crippen LogP contribution is -1.92. The SMILES string of the molecule is CC(C=O)c1c[nH]c2ccc(F)cc12. The lowest BCUT2D eigenvalue weighted by Gasteiger charge is -2.00. The van der Waals surface area contributed by atoms with E-state index in [1.807, 2.05) is 0 Å². The molecule has 0 saturated carbocycles. The maximum atomic E-state index is 13.0. The van der Waals surface area contributed by atoms with Crippen LogP contribution in [0.4, 0.5) is 4.39 Å². The van der Waals surface area contributed by atoms with Crippen LogP contribution in [0.5, 0.6) is 0 Å². The maximum Gasteiger partial charge on any atom is 0.127 e. The zero-order chi connectivity index (χ0) is 10.1. The lowest BCUT2D eigenvalue weighted by molar-refractivity contribution is -0.108. The molecule has 0 amide bonds. The van der Waals surface area contributed by atoms with Crippen molar-refractivity contribution in [3.05, 3.63) is 35.8 Å². The summed E-state index contributed by atoms with van der Waals surface area (Å²) in [7, 11) is 0. The Morgan fingerprint density at radius 2 is 2.29 bits per heavy atom. The lowest BCUT2D eigenvalue weighted by atomic mass is 10.0. The van der Waals surface area contributed by atoms with Crippen LogP contribution in [-0.2, 0) is 4.79 Å². The van der Waals surface area contributed by atoms with Gasteiger partial charge < -0.3 is 9.78 Å². The number of rotatable bonds is 2. The summed E-state index contributed by atoms with van der Waals surface area (Å²) in [6.07, 6.45) is 2.61. The Bertz CT molecular complexity index is 475. The van der Waals surface area contributed by atoms with Gasteiger partial charge in [0.1, 0.15) is 12.1 Å². The van der Waals surface area contributed by atoms with Gasteiger partial charge >= 0.3 is 0 Å². The summed E-state index contributed by atoms with van der Waals surface area (Å²) in [5.74, 6) is -0.484. The second-order valence-electron chi connectivity index (χ2n) is 3.36. The number of nitrogens with one attached hydrogen (secondary N) is 1. The minimum Gasteiger partial charge on any atom is -0.361 e. The maximum absolute atomic E-state index is 13.0. The molecule has 0 aliphatic heterocycles. The first-order valence-corrected chi connectivity index (χ1v) is 4.44. The molecule has 2 rings (SSSR count). The molecule has 2 aromatic rings. The van der Waals surface area contributed by atoms with E-state index in [1.54, 1.807) is 19.2 Å². The number of H-pyrrole nitrogens is 1. The predicted molar refractivity (Wildman–Crippen MR) is 52.7 cm³/mol. The van der Waals surface area contributed by atoms with E-state index >= 15 is 0 Å². The highest BCUT2D eigenvalue weighted by Crippen LogP contribution is 2.24. The monoisotopic (exact) mass is 191 g/mol. The highest BCUT2D eigenvalue weighted by atomic mass is 19.1. The number of hydrogen-bond donors (Lipinski definition) is 1. The van der Waals surface area contributed by atoms with E-state index in [9.17, 15) is 9.18 Å². The van der Waals surface area contributed by atoms with Crippen molar-refractivity contribution in [3.8, 4) is 0 Å². The highest BCUT2D eigenvalue weighted by Gasteiger charge is 2.10. The average Bonchev–Trinajstić information content (AvgIpc) is 2.59. The molecule has 0 aliphatic rings. The summed E-state index contributed by atoms with van der Waals surface area (Å²) in [6.45, 7) is 1.79. The van der Waals surface area contributed by atoms with Crippen LogP contribution in [0.25, 0.3) is 10.9 Å². The van der Waals surface area contributed by atoms with Crippen LogP contribution in [0.1, 0.15) is 18.4 Å². The van der Waals surface area contributed by atoms with Gasteiger partial charge in [-0.25, -0.2) is 4.39 Å². The van der Waals surface area contributed by atoms with Crippen molar-refractivity contribution < 1.29 is 9.18 Å². The zero-order valence-electron chi connectivity index (χ0n) is 7.75. The quantitative estimate of drug-likeness (QED) is 0.727. The molecule has 2 nitrogen and oxygen atoms in total. The average molecular weight is 191 g/mol. The van der Waals surface area contributed by atoms with Crippen LogP contribution in [0.2, 0.25) is 0 Å². The van der Waals surface area contributed by atoms with Crippen LogP contribution >= 0.6 is 0 Å². The summed E-state index contributed by atoms with van der Waals surface area (Å²) in [4.78, 5) is 13.6. The fourth-order valence-corrected chi connectivity index (χ4v) is 1.56. The molecular formula is C11H10FNO. The van der Waals surface area contributed by atoms with Crippen molar-refractivity contribution in [2.75, 3.05) is 0 Å². The van der Waals surface area contributed by atoms with Crippen LogP contribution in [-0.4, -0.2) is 11.3 Å². The Hall–Kier alpha value is -1.64. The van der Waals surface area contributed by atoms with Gasteiger partial charge in [0.2, 0.25) is 0 Å². The topological polar surface area (TPSA) is 32.9 Å². The molecule has 0 saturated heterocycles. The number of halogens is 1. The summed E-state index contributed by atoms with van der Waals surface area (Å²) in [5.41, 5.74) is 1.70. The normalized spacial score (nSPS) is 13.0. The van der Waals surface area contributed by atoms with E-state index in [0.717, 1.165) is 22.8 Å². The molecule has 1 heterocycles. The number of benzene rings is 1. The number of aromatic amines is 1. The molecule has 0 aliphatic carbocycles. The fraction of sp³-hybridized carbons (Fsp3) is 0.182. The first-order chi connectivity index (χ1) is 6.72. The molecule has 0 radical (unpaired) electrons. The van der Waals surface area contributed by atoms with E-state index in [4.69, 9.17) is 0 Å². The van der Waals surface area contributed by atoms with Crippen LogP contribution in [0, 0.1) is 5.82 Å². The minimum atomic E-state index is -0.281. The summed E-state index contributed by atoms with van der Waals surface area (Å²) in [6, 6.07) is 4.51.